The second kappa shape index (κ2) is 7.33. The van der Waals surface area contributed by atoms with E-state index < -0.39 is 11.0 Å². The van der Waals surface area contributed by atoms with Crippen LogP contribution in [-0.4, -0.2) is 37.3 Å². The van der Waals surface area contributed by atoms with E-state index in [2.05, 4.69) is 9.97 Å². The molecule has 0 N–H and O–H groups in total. The lowest BCUT2D eigenvalue weighted by atomic mass is 10.2. The quantitative estimate of drug-likeness (QED) is 0.632. The zero-order valence-corrected chi connectivity index (χ0v) is 15.5. The molecule has 0 fully saturated rings. The van der Waals surface area contributed by atoms with Gasteiger partial charge in [0.25, 0.3) is 0 Å². The second-order valence-electron chi connectivity index (χ2n) is 5.57. The Balaban J connectivity index is 2.12. The average molecular weight is 359 g/mol. The molecule has 2 heterocycles. The highest BCUT2D eigenvalue weighted by atomic mass is 32.2. The summed E-state index contributed by atoms with van der Waals surface area (Å²) in [5.74, 6) is 1.24. The Morgan fingerprint density at radius 2 is 2.04 bits per heavy atom. The molecular formula is C18H21N3O3S. The van der Waals surface area contributed by atoms with Gasteiger partial charge in [-0.25, -0.2) is 13.2 Å². The molecule has 0 aliphatic carbocycles. The van der Waals surface area contributed by atoms with Crippen molar-refractivity contribution in [1.29, 1.82) is 0 Å². The van der Waals surface area contributed by atoms with Crippen molar-refractivity contribution in [3.8, 4) is 17.3 Å². The first-order chi connectivity index (χ1) is 12.0. The van der Waals surface area contributed by atoms with E-state index in [1.807, 2.05) is 45.0 Å². The zero-order chi connectivity index (χ0) is 18.0. The van der Waals surface area contributed by atoms with Crippen molar-refractivity contribution in [3.05, 3.63) is 42.1 Å². The smallest absolute Gasteiger partial charge is 0.196 e. The van der Waals surface area contributed by atoms with E-state index in [9.17, 15) is 4.21 Å². The van der Waals surface area contributed by atoms with E-state index >= 15 is 0 Å². The Bertz CT molecular complexity index is 923. The average Bonchev–Trinajstić information content (AvgIpc) is 2.96. The normalized spacial score (nSPS) is 13.8. The van der Waals surface area contributed by atoms with Crippen LogP contribution in [0.4, 0.5) is 0 Å². The predicted molar refractivity (Wildman–Crippen MR) is 98.9 cm³/mol. The monoisotopic (exact) mass is 359 g/mol. The summed E-state index contributed by atoms with van der Waals surface area (Å²) in [7, 11) is -1.26. The number of benzene rings is 1. The van der Waals surface area contributed by atoms with E-state index in [0.717, 1.165) is 16.6 Å². The SMILES string of the molecule is CCOC(C)Oc1ccnc(-c2nc3ccccc3n2S(C)=O)c1C. The molecule has 2 unspecified atom stereocenters. The molecule has 0 saturated heterocycles. The lowest BCUT2D eigenvalue weighted by molar-refractivity contribution is -0.0616. The van der Waals surface area contributed by atoms with E-state index in [1.54, 1.807) is 22.5 Å². The maximum absolute atomic E-state index is 12.3. The third-order valence-electron chi connectivity index (χ3n) is 3.84. The maximum atomic E-state index is 12.3. The number of ether oxygens (including phenoxy) is 2. The number of pyridine rings is 1. The van der Waals surface area contributed by atoms with Gasteiger partial charge in [-0.3, -0.25) is 4.98 Å². The molecule has 7 heteroatoms. The minimum atomic E-state index is -1.26. The highest BCUT2D eigenvalue weighted by Gasteiger charge is 2.20. The van der Waals surface area contributed by atoms with Gasteiger partial charge < -0.3 is 9.47 Å². The third kappa shape index (κ3) is 3.43. The molecule has 2 aromatic heterocycles. The Morgan fingerprint density at radius 3 is 2.76 bits per heavy atom. The number of imidazole rings is 1. The van der Waals surface area contributed by atoms with Gasteiger partial charge in [0.2, 0.25) is 0 Å². The summed E-state index contributed by atoms with van der Waals surface area (Å²) in [6, 6.07) is 9.41. The number of rotatable bonds is 6. The molecule has 0 radical (unpaired) electrons. The summed E-state index contributed by atoms with van der Waals surface area (Å²) in [5, 5.41) is 0. The number of para-hydroxylation sites is 2. The predicted octanol–water partition coefficient (Wildman–Crippen LogP) is 3.31. The summed E-state index contributed by atoms with van der Waals surface area (Å²) in [5.41, 5.74) is 3.07. The van der Waals surface area contributed by atoms with Gasteiger partial charge in [0.05, 0.1) is 11.0 Å². The van der Waals surface area contributed by atoms with Gasteiger partial charge in [0.1, 0.15) is 22.4 Å². The first-order valence-electron chi connectivity index (χ1n) is 8.08. The Kier molecular flexibility index (Phi) is 5.15. The van der Waals surface area contributed by atoms with E-state index in [4.69, 9.17) is 9.47 Å². The summed E-state index contributed by atoms with van der Waals surface area (Å²) in [4.78, 5) is 9.10. The number of hydrogen-bond acceptors (Lipinski definition) is 5. The molecule has 132 valence electrons. The van der Waals surface area contributed by atoms with Crippen LogP contribution in [-0.2, 0) is 15.7 Å². The molecule has 25 heavy (non-hydrogen) atoms. The van der Waals surface area contributed by atoms with Gasteiger partial charge in [-0.05, 0) is 39.0 Å². The summed E-state index contributed by atoms with van der Waals surface area (Å²) in [6.45, 7) is 6.25. The molecule has 0 aliphatic heterocycles. The van der Waals surface area contributed by atoms with Crippen LogP contribution >= 0.6 is 0 Å². The van der Waals surface area contributed by atoms with E-state index in [-0.39, 0.29) is 6.29 Å². The number of fused-ring (bicyclic) bond motifs is 1. The summed E-state index contributed by atoms with van der Waals surface area (Å²) >= 11 is 0. The van der Waals surface area contributed by atoms with E-state index in [0.29, 0.717) is 23.9 Å². The third-order valence-corrected chi connectivity index (χ3v) is 4.72. The molecule has 3 aromatic rings. The minimum absolute atomic E-state index is 0.363. The lowest BCUT2D eigenvalue weighted by Crippen LogP contribution is -2.17. The van der Waals surface area contributed by atoms with Gasteiger partial charge in [-0.1, -0.05) is 12.1 Å². The maximum Gasteiger partial charge on any atom is 0.196 e. The molecule has 6 nitrogen and oxygen atoms in total. The first kappa shape index (κ1) is 17.6. The highest BCUT2D eigenvalue weighted by molar-refractivity contribution is 7.83. The molecular weight excluding hydrogens is 338 g/mol. The Labute approximate surface area is 149 Å². The minimum Gasteiger partial charge on any atom is -0.465 e. The van der Waals surface area contributed by atoms with Crippen LogP contribution < -0.4 is 4.74 Å². The van der Waals surface area contributed by atoms with Crippen LogP contribution in [0, 0.1) is 6.92 Å². The van der Waals surface area contributed by atoms with Crippen molar-refractivity contribution >= 4 is 22.0 Å². The number of hydrogen-bond donors (Lipinski definition) is 0. The molecule has 0 saturated carbocycles. The first-order valence-corrected chi connectivity index (χ1v) is 9.60. The summed E-state index contributed by atoms with van der Waals surface area (Å²) < 4.78 is 25.3. The molecule has 0 aliphatic rings. The fourth-order valence-corrected chi connectivity index (χ4v) is 3.53. The van der Waals surface area contributed by atoms with Crippen molar-refractivity contribution in [2.45, 2.75) is 27.1 Å². The Hall–Kier alpha value is -2.25. The van der Waals surface area contributed by atoms with Crippen LogP contribution in [0.5, 0.6) is 5.75 Å². The highest BCUT2D eigenvalue weighted by Crippen LogP contribution is 2.30. The van der Waals surface area contributed by atoms with Gasteiger partial charge in [-0.2, -0.15) is 0 Å². The molecule has 0 bridgehead atoms. The van der Waals surface area contributed by atoms with Gasteiger partial charge >= 0.3 is 0 Å². The molecule has 0 spiro atoms. The topological polar surface area (TPSA) is 66.2 Å². The fourth-order valence-electron chi connectivity index (χ4n) is 2.73. The second-order valence-corrected chi connectivity index (χ2v) is 6.78. The van der Waals surface area contributed by atoms with Crippen LogP contribution in [0.15, 0.2) is 36.5 Å². The van der Waals surface area contributed by atoms with Crippen molar-refractivity contribution in [2.75, 3.05) is 12.9 Å². The lowest BCUT2D eigenvalue weighted by Gasteiger charge is -2.17. The number of aromatic nitrogens is 3. The van der Waals surface area contributed by atoms with Crippen LogP contribution in [0.2, 0.25) is 0 Å². The number of nitrogens with zero attached hydrogens (tertiary/aromatic N) is 3. The largest absolute Gasteiger partial charge is 0.465 e. The fraction of sp³-hybridized carbons (Fsp3) is 0.333. The van der Waals surface area contributed by atoms with Crippen molar-refractivity contribution in [2.24, 2.45) is 0 Å². The van der Waals surface area contributed by atoms with Crippen molar-refractivity contribution in [1.82, 2.24) is 13.9 Å². The van der Waals surface area contributed by atoms with E-state index in [1.165, 1.54) is 0 Å². The van der Waals surface area contributed by atoms with Gasteiger partial charge in [0, 0.05) is 24.6 Å². The van der Waals surface area contributed by atoms with Crippen LogP contribution in [0.3, 0.4) is 0 Å². The molecule has 1 aromatic carbocycles. The summed E-state index contributed by atoms with van der Waals surface area (Å²) in [6.07, 6.45) is 2.93. The van der Waals surface area contributed by atoms with Crippen molar-refractivity contribution < 1.29 is 13.7 Å². The standard InChI is InChI=1S/C18H21N3O3S/c1-5-23-13(3)24-16-10-11-19-17(12(16)2)18-20-14-8-6-7-9-15(14)21(18)25(4)22/h6-11,13H,5H2,1-4H3. The molecule has 0 amide bonds. The van der Waals surface area contributed by atoms with Crippen LogP contribution in [0.1, 0.15) is 19.4 Å². The van der Waals surface area contributed by atoms with Gasteiger partial charge in [0.15, 0.2) is 12.1 Å². The van der Waals surface area contributed by atoms with Gasteiger partial charge in [-0.15, -0.1) is 0 Å². The Morgan fingerprint density at radius 1 is 1.28 bits per heavy atom. The van der Waals surface area contributed by atoms with Crippen LogP contribution in [0.25, 0.3) is 22.6 Å². The molecule has 2 atom stereocenters. The molecule has 3 rings (SSSR count). The van der Waals surface area contributed by atoms with Crippen molar-refractivity contribution in [3.63, 3.8) is 0 Å². The zero-order valence-electron chi connectivity index (χ0n) is 14.7.